The molecule has 0 bridgehead atoms. The van der Waals surface area contributed by atoms with Crippen LogP contribution in [0.2, 0.25) is 0 Å². The minimum Gasteiger partial charge on any atom is -0.507 e. The zero-order chi connectivity index (χ0) is 38.9. The maximum absolute atomic E-state index is 11.6. The van der Waals surface area contributed by atoms with Gasteiger partial charge in [-0.2, -0.15) is 0 Å². The second-order valence-corrected chi connectivity index (χ2v) is 13.5. The summed E-state index contributed by atoms with van der Waals surface area (Å²) in [5, 5.41) is 34.7. The number of aromatic nitrogens is 3. The van der Waals surface area contributed by atoms with Crippen molar-refractivity contribution in [1.82, 2.24) is 15.0 Å². The van der Waals surface area contributed by atoms with Gasteiger partial charge >= 0.3 is 0 Å². The predicted octanol–water partition coefficient (Wildman–Crippen LogP) is 8.24. The first-order valence-corrected chi connectivity index (χ1v) is 19.6. The molecule has 0 unspecified atom stereocenters. The largest absolute Gasteiger partial charge is 0.507 e. The molecule has 0 aliphatic heterocycles. The monoisotopic (exact) mass is 744 g/mol. The van der Waals surface area contributed by atoms with Crippen LogP contribution in [0.1, 0.15) is 115 Å². The Hall–Kier alpha value is -4.65. The van der Waals surface area contributed by atoms with Crippen molar-refractivity contribution in [3.8, 4) is 68.7 Å². The van der Waals surface area contributed by atoms with E-state index in [4.69, 9.17) is 46.4 Å². The van der Waals surface area contributed by atoms with Crippen LogP contribution in [0.3, 0.4) is 0 Å². The van der Waals surface area contributed by atoms with Gasteiger partial charge in [0.25, 0.3) is 0 Å². The third kappa shape index (κ3) is 10.7. The molecule has 294 valence electrons. The normalized spacial score (nSPS) is 11.2. The molecule has 0 aliphatic carbocycles. The lowest BCUT2D eigenvalue weighted by Gasteiger charge is -2.17. The topological polar surface area (TPSA) is 205 Å². The summed E-state index contributed by atoms with van der Waals surface area (Å²) in [7, 11) is 0. The van der Waals surface area contributed by atoms with E-state index in [2.05, 4.69) is 20.8 Å². The number of aromatic hydroxyl groups is 3. The summed E-state index contributed by atoms with van der Waals surface area (Å²) in [5.41, 5.74) is 20.5. The number of rotatable bonds is 24. The van der Waals surface area contributed by atoms with E-state index < -0.39 is 0 Å². The van der Waals surface area contributed by atoms with E-state index in [0.717, 1.165) is 77.0 Å². The van der Waals surface area contributed by atoms with Crippen LogP contribution in [-0.2, 0) is 19.6 Å². The maximum Gasteiger partial charge on any atom is 0.167 e. The molecule has 0 spiro atoms. The van der Waals surface area contributed by atoms with Gasteiger partial charge in [0.1, 0.15) is 34.5 Å². The minimum atomic E-state index is -0.135. The highest BCUT2D eigenvalue weighted by atomic mass is 16.5. The molecule has 3 aromatic carbocycles. The quantitative estimate of drug-likeness (QED) is 0.0375. The van der Waals surface area contributed by atoms with Gasteiger partial charge in [0, 0.05) is 19.6 Å². The number of hydrogen-bond donors (Lipinski definition) is 6. The summed E-state index contributed by atoms with van der Waals surface area (Å²) in [5.74, 6) is 1.31. The lowest BCUT2D eigenvalue weighted by Crippen LogP contribution is -2.08. The van der Waals surface area contributed by atoms with E-state index in [9.17, 15) is 15.3 Å². The summed E-state index contributed by atoms with van der Waals surface area (Å²) in [6, 6.07) is 10.2. The molecule has 0 saturated heterocycles. The van der Waals surface area contributed by atoms with Gasteiger partial charge in [0.05, 0.1) is 53.2 Å². The third-order valence-electron chi connectivity index (χ3n) is 9.46. The number of ether oxygens (including phenoxy) is 3. The van der Waals surface area contributed by atoms with Gasteiger partial charge in [-0.05, 0) is 55.7 Å². The Kier molecular flexibility index (Phi) is 17.1. The van der Waals surface area contributed by atoms with Gasteiger partial charge < -0.3 is 46.7 Å². The molecule has 0 aliphatic rings. The molecule has 0 radical (unpaired) electrons. The molecule has 0 amide bonds. The van der Waals surface area contributed by atoms with Crippen LogP contribution in [0.25, 0.3) is 34.2 Å². The van der Waals surface area contributed by atoms with Crippen LogP contribution in [-0.4, -0.2) is 50.1 Å². The van der Waals surface area contributed by atoms with Crippen molar-refractivity contribution in [1.29, 1.82) is 0 Å². The molecule has 1 heterocycles. The van der Waals surface area contributed by atoms with Gasteiger partial charge in [0.15, 0.2) is 17.5 Å². The highest BCUT2D eigenvalue weighted by Crippen LogP contribution is 2.42. The smallest absolute Gasteiger partial charge is 0.167 e. The number of phenols is 3. The molecule has 9 N–H and O–H groups in total. The molecular weight excluding hydrogens is 684 g/mol. The van der Waals surface area contributed by atoms with E-state index in [1.165, 1.54) is 0 Å². The fraction of sp³-hybridized carbons (Fsp3) is 0.500. The van der Waals surface area contributed by atoms with Crippen molar-refractivity contribution < 1.29 is 29.5 Å². The number of nitrogens with zero attached hydrogens (tertiary/aromatic N) is 3. The summed E-state index contributed by atoms with van der Waals surface area (Å²) in [6.07, 6.45) is 12.5. The molecule has 1 aromatic heterocycles. The number of nitrogens with two attached hydrogens (primary N) is 3. The molecule has 12 nitrogen and oxygen atoms in total. The second kappa shape index (κ2) is 21.9. The average Bonchev–Trinajstić information content (AvgIpc) is 3.17. The molecule has 12 heteroatoms. The van der Waals surface area contributed by atoms with Gasteiger partial charge in [-0.25, -0.2) is 15.0 Å². The van der Waals surface area contributed by atoms with Crippen molar-refractivity contribution >= 4 is 0 Å². The third-order valence-corrected chi connectivity index (χ3v) is 9.46. The molecule has 0 fully saturated rings. The lowest BCUT2D eigenvalue weighted by molar-refractivity contribution is 0.300. The number of phenolic OH excluding ortho intramolecular Hbond substituents is 3. The molecule has 4 aromatic rings. The average molecular weight is 745 g/mol. The van der Waals surface area contributed by atoms with E-state index in [-0.39, 0.29) is 71.0 Å². The highest BCUT2D eigenvalue weighted by molar-refractivity contribution is 5.77. The van der Waals surface area contributed by atoms with Crippen LogP contribution in [0, 0.1) is 0 Å². The van der Waals surface area contributed by atoms with Crippen molar-refractivity contribution in [2.24, 2.45) is 17.2 Å². The van der Waals surface area contributed by atoms with E-state index in [0.29, 0.717) is 53.8 Å². The number of benzene rings is 3. The van der Waals surface area contributed by atoms with Crippen LogP contribution < -0.4 is 31.4 Å². The Morgan fingerprint density at radius 2 is 0.704 bits per heavy atom. The Morgan fingerprint density at radius 3 is 0.944 bits per heavy atom. The van der Waals surface area contributed by atoms with Crippen molar-refractivity contribution in [2.75, 3.05) is 19.8 Å². The van der Waals surface area contributed by atoms with Crippen molar-refractivity contribution in [2.45, 2.75) is 117 Å². The lowest BCUT2D eigenvalue weighted by atomic mass is 10.0. The fourth-order valence-electron chi connectivity index (χ4n) is 6.26. The van der Waals surface area contributed by atoms with Gasteiger partial charge in [-0.1, -0.05) is 78.6 Å². The number of hydrogen-bond acceptors (Lipinski definition) is 12. The van der Waals surface area contributed by atoms with Crippen molar-refractivity contribution in [3.63, 3.8) is 0 Å². The van der Waals surface area contributed by atoms with E-state index in [1.54, 1.807) is 36.4 Å². The van der Waals surface area contributed by atoms with Gasteiger partial charge in [-0.3, -0.25) is 0 Å². The first-order chi connectivity index (χ1) is 26.3. The number of unbranched alkanes of at least 4 members (excludes halogenated alkanes) is 9. The van der Waals surface area contributed by atoms with Crippen LogP contribution >= 0.6 is 0 Å². The first kappa shape index (κ1) is 42.1. The Balaban J connectivity index is 1.82. The summed E-state index contributed by atoms with van der Waals surface area (Å²) >= 11 is 0. The Labute approximate surface area is 320 Å². The zero-order valence-corrected chi connectivity index (χ0v) is 32.3. The summed E-state index contributed by atoms with van der Waals surface area (Å²) in [4.78, 5) is 14.2. The van der Waals surface area contributed by atoms with Crippen LogP contribution in [0.5, 0.6) is 34.5 Å². The molecule has 54 heavy (non-hydrogen) atoms. The van der Waals surface area contributed by atoms with Gasteiger partial charge in [0.2, 0.25) is 0 Å². The molecular formula is C42H60N6O6. The SMILES string of the molecule is CCCCCCOc1ccc(-c2nc(-c3ccc(OCCCCCC)c(CN)c3O)nc(-c3ccc(OCCCCCC)c(CN)c3O)n2)c(O)c1CN. The van der Waals surface area contributed by atoms with Crippen LogP contribution in [0.4, 0.5) is 0 Å². The summed E-state index contributed by atoms with van der Waals surface area (Å²) in [6.45, 7) is 7.97. The van der Waals surface area contributed by atoms with Crippen LogP contribution in [0.15, 0.2) is 36.4 Å². The molecule has 0 saturated carbocycles. The highest BCUT2D eigenvalue weighted by Gasteiger charge is 2.24. The first-order valence-electron chi connectivity index (χ1n) is 19.6. The van der Waals surface area contributed by atoms with Crippen molar-refractivity contribution in [3.05, 3.63) is 53.1 Å². The minimum absolute atomic E-state index is 0.00980. The summed E-state index contributed by atoms with van der Waals surface area (Å²) < 4.78 is 18.1. The second-order valence-electron chi connectivity index (χ2n) is 13.5. The maximum atomic E-state index is 11.6. The molecule has 4 rings (SSSR count). The fourth-order valence-corrected chi connectivity index (χ4v) is 6.26. The van der Waals surface area contributed by atoms with E-state index in [1.807, 2.05) is 0 Å². The Bertz CT molecular complexity index is 1570. The predicted molar refractivity (Wildman–Crippen MR) is 214 cm³/mol. The van der Waals surface area contributed by atoms with E-state index >= 15 is 0 Å². The zero-order valence-electron chi connectivity index (χ0n) is 32.3. The molecule has 0 atom stereocenters. The van der Waals surface area contributed by atoms with Gasteiger partial charge in [-0.15, -0.1) is 0 Å². The Morgan fingerprint density at radius 1 is 0.426 bits per heavy atom. The standard InChI is InChI=1S/C42H60N6O6/c1-4-7-10-13-22-52-34-19-16-28(37(49)31(34)25-43)40-46-41(29-17-20-35(32(26-44)38(29)50)53-23-14-11-8-5-2)48-42(47-40)30-18-21-36(33(27-45)39(30)51)54-24-15-12-9-6-3/h16-21,49-51H,4-15,22-27,43-45H2,1-3H3.